The normalized spacial score (nSPS) is 19.7. The SMILES string of the molecule is Cl.NC1(C(=O)NCc2ccc(N3CCCC3=O)cc2)CCCCC1. The van der Waals surface area contributed by atoms with Gasteiger partial charge in [-0.3, -0.25) is 9.59 Å². The van der Waals surface area contributed by atoms with Crippen molar-refractivity contribution < 1.29 is 9.59 Å². The predicted molar refractivity (Wildman–Crippen MR) is 97.1 cm³/mol. The lowest BCUT2D eigenvalue weighted by molar-refractivity contribution is -0.127. The lowest BCUT2D eigenvalue weighted by Crippen LogP contribution is -2.54. The Kier molecular flexibility index (Phi) is 6.24. The Balaban J connectivity index is 0.00000208. The van der Waals surface area contributed by atoms with Gasteiger partial charge in [0.15, 0.2) is 0 Å². The predicted octanol–water partition coefficient (Wildman–Crippen LogP) is 2.51. The van der Waals surface area contributed by atoms with Crippen LogP contribution in [-0.4, -0.2) is 23.9 Å². The van der Waals surface area contributed by atoms with Crippen LogP contribution in [0.15, 0.2) is 24.3 Å². The van der Waals surface area contributed by atoms with Crippen molar-refractivity contribution in [3.05, 3.63) is 29.8 Å². The number of carbonyl (C=O) groups excluding carboxylic acids is 2. The Morgan fingerprint density at radius 3 is 2.38 bits per heavy atom. The van der Waals surface area contributed by atoms with Gasteiger partial charge in [0, 0.05) is 25.2 Å². The van der Waals surface area contributed by atoms with Crippen LogP contribution in [0.1, 0.15) is 50.5 Å². The van der Waals surface area contributed by atoms with Gasteiger partial charge in [0.25, 0.3) is 0 Å². The molecule has 0 atom stereocenters. The van der Waals surface area contributed by atoms with E-state index in [1.165, 1.54) is 6.42 Å². The van der Waals surface area contributed by atoms with Gasteiger partial charge in [0.05, 0.1) is 5.54 Å². The Morgan fingerprint density at radius 1 is 1.12 bits per heavy atom. The fourth-order valence-electron chi connectivity index (χ4n) is 3.48. The number of rotatable bonds is 4. The minimum atomic E-state index is -0.694. The van der Waals surface area contributed by atoms with Gasteiger partial charge in [0.2, 0.25) is 11.8 Å². The molecule has 132 valence electrons. The molecule has 3 rings (SSSR count). The molecule has 3 N–H and O–H groups in total. The molecule has 6 heteroatoms. The maximum atomic E-state index is 12.3. The molecule has 24 heavy (non-hydrogen) atoms. The summed E-state index contributed by atoms with van der Waals surface area (Å²) < 4.78 is 0. The summed E-state index contributed by atoms with van der Waals surface area (Å²) in [6.07, 6.45) is 6.34. The number of nitrogens with one attached hydrogen (secondary N) is 1. The third-order valence-electron chi connectivity index (χ3n) is 4.97. The average molecular weight is 352 g/mol. The number of hydrogen-bond acceptors (Lipinski definition) is 3. The van der Waals surface area contributed by atoms with Gasteiger partial charge >= 0.3 is 0 Å². The molecule has 1 heterocycles. The van der Waals surface area contributed by atoms with Crippen LogP contribution in [0.4, 0.5) is 5.69 Å². The molecule has 1 aliphatic heterocycles. The zero-order valence-corrected chi connectivity index (χ0v) is 14.7. The number of carbonyl (C=O) groups is 2. The van der Waals surface area contributed by atoms with E-state index in [0.29, 0.717) is 13.0 Å². The van der Waals surface area contributed by atoms with E-state index in [-0.39, 0.29) is 24.2 Å². The first-order chi connectivity index (χ1) is 11.1. The molecule has 1 aromatic carbocycles. The quantitative estimate of drug-likeness (QED) is 0.875. The van der Waals surface area contributed by atoms with Crippen LogP contribution in [-0.2, 0) is 16.1 Å². The van der Waals surface area contributed by atoms with Crippen LogP contribution in [0.5, 0.6) is 0 Å². The zero-order chi connectivity index (χ0) is 16.3. The first-order valence-electron chi connectivity index (χ1n) is 8.55. The molecule has 2 fully saturated rings. The van der Waals surface area contributed by atoms with Crippen LogP contribution in [0.2, 0.25) is 0 Å². The molecule has 2 amide bonds. The van der Waals surface area contributed by atoms with Gasteiger partial charge in [-0.2, -0.15) is 0 Å². The Labute approximate surface area is 149 Å². The first kappa shape index (κ1) is 18.7. The Hall–Kier alpha value is -1.59. The summed E-state index contributed by atoms with van der Waals surface area (Å²) in [6.45, 7) is 1.27. The van der Waals surface area contributed by atoms with E-state index in [2.05, 4.69) is 5.32 Å². The molecule has 5 nitrogen and oxygen atoms in total. The fourth-order valence-corrected chi connectivity index (χ4v) is 3.48. The van der Waals surface area contributed by atoms with Crippen molar-refractivity contribution in [2.45, 2.75) is 57.0 Å². The molecule has 1 aromatic rings. The highest BCUT2D eigenvalue weighted by atomic mass is 35.5. The summed E-state index contributed by atoms with van der Waals surface area (Å²) >= 11 is 0. The molecular formula is C18H26ClN3O2. The Bertz CT molecular complexity index is 582. The second kappa shape index (κ2) is 7.99. The van der Waals surface area contributed by atoms with Crippen LogP contribution >= 0.6 is 12.4 Å². The number of halogens is 1. The van der Waals surface area contributed by atoms with Gasteiger partial charge in [-0.25, -0.2) is 0 Å². The second-order valence-electron chi connectivity index (χ2n) is 6.71. The number of nitrogens with zero attached hydrogens (tertiary/aromatic N) is 1. The molecule has 2 aliphatic rings. The topological polar surface area (TPSA) is 75.4 Å². The highest BCUT2D eigenvalue weighted by Crippen LogP contribution is 2.26. The van der Waals surface area contributed by atoms with Crippen LogP contribution < -0.4 is 16.0 Å². The smallest absolute Gasteiger partial charge is 0.240 e. The van der Waals surface area contributed by atoms with Gasteiger partial charge in [0.1, 0.15) is 0 Å². The molecule has 0 bridgehead atoms. The monoisotopic (exact) mass is 351 g/mol. The summed E-state index contributed by atoms with van der Waals surface area (Å²) in [5.74, 6) is 0.143. The number of hydrogen-bond donors (Lipinski definition) is 2. The first-order valence-corrected chi connectivity index (χ1v) is 8.55. The molecule has 1 saturated heterocycles. The van der Waals surface area contributed by atoms with Crippen molar-refractivity contribution in [2.24, 2.45) is 5.73 Å². The summed E-state index contributed by atoms with van der Waals surface area (Å²) in [6, 6.07) is 7.82. The lowest BCUT2D eigenvalue weighted by Gasteiger charge is -2.31. The Morgan fingerprint density at radius 2 is 1.79 bits per heavy atom. The summed E-state index contributed by atoms with van der Waals surface area (Å²) in [4.78, 5) is 25.9. The van der Waals surface area contributed by atoms with Crippen LogP contribution in [0, 0.1) is 0 Å². The second-order valence-corrected chi connectivity index (χ2v) is 6.71. The molecule has 1 saturated carbocycles. The van der Waals surface area contributed by atoms with Crippen molar-refractivity contribution in [2.75, 3.05) is 11.4 Å². The molecular weight excluding hydrogens is 326 g/mol. The summed E-state index contributed by atoms with van der Waals surface area (Å²) in [5.41, 5.74) is 7.50. The fraction of sp³-hybridized carbons (Fsp3) is 0.556. The van der Waals surface area contributed by atoms with E-state index in [1.54, 1.807) is 0 Å². The lowest BCUT2D eigenvalue weighted by atomic mass is 9.82. The molecule has 0 unspecified atom stereocenters. The van der Waals surface area contributed by atoms with E-state index in [0.717, 1.165) is 49.9 Å². The van der Waals surface area contributed by atoms with Gasteiger partial charge in [-0.1, -0.05) is 31.4 Å². The van der Waals surface area contributed by atoms with E-state index >= 15 is 0 Å². The van der Waals surface area contributed by atoms with Gasteiger partial charge < -0.3 is 16.0 Å². The largest absolute Gasteiger partial charge is 0.350 e. The van der Waals surface area contributed by atoms with Crippen molar-refractivity contribution in [3.63, 3.8) is 0 Å². The summed E-state index contributed by atoms with van der Waals surface area (Å²) in [5, 5.41) is 2.96. The van der Waals surface area contributed by atoms with Crippen molar-refractivity contribution in [1.29, 1.82) is 0 Å². The summed E-state index contributed by atoms with van der Waals surface area (Å²) in [7, 11) is 0. The number of amides is 2. The standard InChI is InChI=1S/C18H25N3O2.ClH/c19-18(10-2-1-3-11-18)17(23)20-13-14-6-8-15(9-7-14)21-12-4-5-16(21)22;/h6-9H,1-5,10-13,19H2,(H,20,23);1H. The number of benzene rings is 1. The third kappa shape index (κ3) is 4.08. The molecule has 0 spiro atoms. The molecule has 0 radical (unpaired) electrons. The zero-order valence-electron chi connectivity index (χ0n) is 13.9. The molecule has 1 aliphatic carbocycles. The van der Waals surface area contributed by atoms with Gasteiger partial charge in [-0.05, 0) is 37.0 Å². The third-order valence-corrected chi connectivity index (χ3v) is 4.97. The highest BCUT2D eigenvalue weighted by molar-refractivity contribution is 5.95. The van der Waals surface area contributed by atoms with Gasteiger partial charge in [-0.15, -0.1) is 12.4 Å². The van der Waals surface area contributed by atoms with Crippen LogP contribution in [0.25, 0.3) is 0 Å². The van der Waals surface area contributed by atoms with Crippen molar-refractivity contribution >= 4 is 29.9 Å². The minimum Gasteiger partial charge on any atom is -0.350 e. The van der Waals surface area contributed by atoms with E-state index in [9.17, 15) is 9.59 Å². The minimum absolute atomic E-state index is 0. The van der Waals surface area contributed by atoms with Crippen molar-refractivity contribution in [1.82, 2.24) is 5.32 Å². The number of anilines is 1. The van der Waals surface area contributed by atoms with E-state index in [4.69, 9.17) is 5.73 Å². The average Bonchev–Trinajstić information content (AvgIpc) is 3.00. The maximum absolute atomic E-state index is 12.3. The van der Waals surface area contributed by atoms with Crippen LogP contribution in [0.3, 0.4) is 0 Å². The van der Waals surface area contributed by atoms with E-state index < -0.39 is 5.54 Å². The highest BCUT2D eigenvalue weighted by Gasteiger charge is 2.34. The number of nitrogens with two attached hydrogens (primary N) is 1. The van der Waals surface area contributed by atoms with E-state index in [1.807, 2.05) is 29.2 Å². The molecule has 0 aromatic heterocycles. The maximum Gasteiger partial charge on any atom is 0.240 e. The van der Waals surface area contributed by atoms with Crippen molar-refractivity contribution in [3.8, 4) is 0 Å².